The van der Waals surface area contributed by atoms with Crippen molar-refractivity contribution < 1.29 is 23.2 Å². The van der Waals surface area contributed by atoms with Gasteiger partial charge in [-0.1, -0.05) is 35.5 Å². The van der Waals surface area contributed by atoms with Crippen molar-refractivity contribution in [3.05, 3.63) is 84.2 Å². The minimum absolute atomic E-state index is 0.322. The quantitative estimate of drug-likeness (QED) is 0.496. The van der Waals surface area contributed by atoms with Gasteiger partial charge in [0.1, 0.15) is 17.1 Å². The normalized spacial score (nSPS) is 10.6. The van der Waals surface area contributed by atoms with E-state index >= 15 is 0 Å². The lowest BCUT2D eigenvalue weighted by atomic mass is 10.1. The molecule has 2 N–H and O–H groups in total. The lowest BCUT2D eigenvalue weighted by Gasteiger charge is -2.09. The first-order chi connectivity index (χ1) is 14.6. The minimum Gasteiger partial charge on any atom is -0.484 e. The summed E-state index contributed by atoms with van der Waals surface area (Å²) in [7, 11) is 0. The number of hydrazine groups is 1. The molecule has 7 nitrogen and oxygen atoms in total. The van der Waals surface area contributed by atoms with Crippen LogP contribution in [0.1, 0.15) is 10.4 Å². The van der Waals surface area contributed by atoms with Gasteiger partial charge in [-0.05, 0) is 42.5 Å². The van der Waals surface area contributed by atoms with Crippen molar-refractivity contribution in [1.29, 1.82) is 0 Å². The molecular weight excluding hydrogens is 389 g/mol. The zero-order valence-corrected chi connectivity index (χ0v) is 15.6. The van der Waals surface area contributed by atoms with Gasteiger partial charge in [0.05, 0.1) is 5.39 Å². The summed E-state index contributed by atoms with van der Waals surface area (Å²) in [6.07, 6.45) is 0. The standard InChI is InChI=1S/C22H16FN3O4/c23-16-7-9-17(10-8-16)29-13-20(27)24-25-22(28)15-6-11-19-18(12-15)21(30-26-19)14-4-2-1-3-5-14/h1-12H,13H2,(H,24,27)(H,25,28). The van der Waals surface area contributed by atoms with Crippen LogP contribution in [0.25, 0.3) is 22.2 Å². The third-order valence-corrected chi connectivity index (χ3v) is 4.27. The molecule has 3 aromatic carbocycles. The summed E-state index contributed by atoms with van der Waals surface area (Å²) >= 11 is 0. The predicted molar refractivity (Wildman–Crippen MR) is 107 cm³/mol. The van der Waals surface area contributed by atoms with E-state index in [1.807, 2.05) is 30.3 Å². The highest BCUT2D eigenvalue weighted by molar-refractivity contribution is 6.01. The smallest absolute Gasteiger partial charge is 0.276 e. The SMILES string of the molecule is O=C(COc1ccc(F)cc1)NNC(=O)c1ccc2noc(-c3ccccc3)c2c1. The maximum atomic E-state index is 12.9. The fourth-order valence-electron chi connectivity index (χ4n) is 2.79. The molecule has 0 radical (unpaired) electrons. The van der Waals surface area contributed by atoms with Crippen molar-refractivity contribution in [2.24, 2.45) is 0 Å². The lowest BCUT2D eigenvalue weighted by Crippen LogP contribution is -2.43. The molecule has 8 heteroatoms. The van der Waals surface area contributed by atoms with E-state index in [1.54, 1.807) is 18.2 Å². The summed E-state index contributed by atoms with van der Waals surface area (Å²) in [6.45, 7) is -0.339. The molecule has 4 rings (SSSR count). The molecule has 0 spiro atoms. The van der Waals surface area contributed by atoms with Crippen molar-refractivity contribution in [2.75, 3.05) is 6.61 Å². The molecule has 0 aliphatic carbocycles. The number of aromatic nitrogens is 1. The second-order valence-corrected chi connectivity index (χ2v) is 6.35. The zero-order chi connectivity index (χ0) is 20.9. The largest absolute Gasteiger partial charge is 0.484 e. The number of hydrogen-bond acceptors (Lipinski definition) is 5. The summed E-state index contributed by atoms with van der Waals surface area (Å²) in [4.78, 5) is 24.3. The van der Waals surface area contributed by atoms with Crippen molar-refractivity contribution in [2.45, 2.75) is 0 Å². The number of ether oxygens (including phenoxy) is 1. The van der Waals surface area contributed by atoms with Crippen molar-refractivity contribution in [3.63, 3.8) is 0 Å². The Morgan fingerprint density at radius 2 is 1.73 bits per heavy atom. The fourth-order valence-corrected chi connectivity index (χ4v) is 2.79. The summed E-state index contributed by atoms with van der Waals surface area (Å²) in [5, 5.41) is 4.69. The van der Waals surface area contributed by atoms with Gasteiger partial charge in [0.2, 0.25) is 0 Å². The third-order valence-electron chi connectivity index (χ3n) is 4.27. The first-order valence-electron chi connectivity index (χ1n) is 9.02. The second-order valence-electron chi connectivity index (χ2n) is 6.35. The summed E-state index contributed by atoms with van der Waals surface area (Å²) in [5.74, 6) is -0.587. The number of hydrogen-bond donors (Lipinski definition) is 2. The van der Waals surface area contributed by atoms with Gasteiger partial charge in [-0.25, -0.2) is 4.39 Å². The monoisotopic (exact) mass is 405 g/mol. The Bertz CT molecular complexity index is 1190. The number of benzene rings is 3. The van der Waals surface area contributed by atoms with Crippen molar-refractivity contribution >= 4 is 22.7 Å². The average molecular weight is 405 g/mol. The molecule has 1 heterocycles. The fraction of sp³-hybridized carbons (Fsp3) is 0.0455. The molecule has 0 saturated carbocycles. The number of carbonyl (C=O) groups is 2. The zero-order valence-electron chi connectivity index (χ0n) is 15.6. The highest BCUT2D eigenvalue weighted by atomic mass is 19.1. The number of fused-ring (bicyclic) bond motifs is 1. The van der Waals surface area contributed by atoms with Crippen LogP contribution in [0.15, 0.2) is 77.3 Å². The van der Waals surface area contributed by atoms with E-state index in [1.165, 1.54) is 24.3 Å². The van der Waals surface area contributed by atoms with Gasteiger partial charge >= 0.3 is 0 Å². The Hall–Kier alpha value is -4.20. The molecule has 1 aromatic heterocycles. The minimum atomic E-state index is -0.566. The average Bonchev–Trinajstić information content (AvgIpc) is 3.21. The van der Waals surface area contributed by atoms with E-state index < -0.39 is 17.6 Å². The number of amides is 2. The Morgan fingerprint density at radius 1 is 0.967 bits per heavy atom. The molecule has 2 amide bonds. The second kappa shape index (κ2) is 8.44. The van der Waals surface area contributed by atoms with Gasteiger partial charge in [-0.2, -0.15) is 0 Å². The van der Waals surface area contributed by atoms with Crippen LogP contribution in [0.5, 0.6) is 5.75 Å². The molecule has 0 unspecified atom stereocenters. The number of nitrogens with zero attached hydrogens (tertiary/aromatic N) is 1. The van der Waals surface area contributed by atoms with E-state index in [4.69, 9.17) is 9.26 Å². The van der Waals surface area contributed by atoms with Crippen LogP contribution in [0.3, 0.4) is 0 Å². The molecule has 30 heavy (non-hydrogen) atoms. The van der Waals surface area contributed by atoms with Gasteiger partial charge in [-0.15, -0.1) is 0 Å². The van der Waals surface area contributed by atoms with Crippen molar-refractivity contribution in [1.82, 2.24) is 16.0 Å². The Labute approximate surface area is 170 Å². The molecule has 0 saturated heterocycles. The molecular formula is C22H16FN3O4. The summed E-state index contributed by atoms with van der Waals surface area (Å²) in [5.41, 5.74) is 6.38. The molecule has 0 bridgehead atoms. The highest BCUT2D eigenvalue weighted by Gasteiger charge is 2.14. The van der Waals surface area contributed by atoms with E-state index in [9.17, 15) is 14.0 Å². The van der Waals surface area contributed by atoms with Crippen LogP contribution in [0.4, 0.5) is 4.39 Å². The van der Waals surface area contributed by atoms with E-state index in [0.717, 1.165) is 5.56 Å². The van der Waals surface area contributed by atoms with Crippen LogP contribution in [0.2, 0.25) is 0 Å². The highest BCUT2D eigenvalue weighted by Crippen LogP contribution is 2.29. The third kappa shape index (κ3) is 4.27. The van der Waals surface area contributed by atoms with Crippen molar-refractivity contribution in [3.8, 4) is 17.1 Å². The Balaban J connectivity index is 1.39. The molecule has 0 aliphatic rings. The van der Waals surface area contributed by atoms with Crippen LogP contribution in [0, 0.1) is 5.82 Å². The van der Waals surface area contributed by atoms with Crippen LogP contribution in [-0.2, 0) is 4.79 Å². The molecule has 150 valence electrons. The van der Waals surface area contributed by atoms with E-state index in [2.05, 4.69) is 16.0 Å². The molecule has 0 atom stereocenters. The van der Waals surface area contributed by atoms with Gasteiger partial charge in [0.25, 0.3) is 11.8 Å². The number of carbonyl (C=O) groups excluding carboxylic acids is 2. The lowest BCUT2D eigenvalue weighted by molar-refractivity contribution is -0.123. The van der Waals surface area contributed by atoms with E-state index in [-0.39, 0.29) is 6.61 Å². The van der Waals surface area contributed by atoms with Crippen LogP contribution >= 0.6 is 0 Å². The maximum Gasteiger partial charge on any atom is 0.276 e. The van der Waals surface area contributed by atoms with Gasteiger partial charge in [0.15, 0.2) is 12.4 Å². The van der Waals surface area contributed by atoms with Gasteiger partial charge in [-0.3, -0.25) is 20.4 Å². The molecule has 0 aliphatic heterocycles. The topological polar surface area (TPSA) is 93.5 Å². The molecule has 4 aromatic rings. The van der Waals surface area contributed by atoms with Gasteiger partial charge < -0.3 is 9.26 Å². The first-order valence-corrected chi connectivity index (χ1v) is 9.02. The number of nitrogens with one attached hydrogen (secondary N) is 2. The maximum absolute atomic E-state index is 12.9. The molecule has 0 fully saturated rings. The first kappa shape index (κ1) is 19.1. The van der Waals surface area contributed by atoms with Gasteiger partial charge in [0, 0.05) is 11.1 Å². The Morgan fingerprint density at radius 3 is 2.50 bits per heavy atom. The summed E-state index contributed by atoms with van der Waals surface area (Å²) < 4.78 is 23.5. The number of rotatable bonds is 5. The van der Waals surface area contributed by atoms with E-state index in [0.29, 0.717) is 28.0 Å². The Kier molecular flexibility index (Phi) is 5.38. The summed E-state index contributed by atoms with van der Waals surface area (Å²) in [6, 6.07) is 19.6. The predicted octanol–water partition coefficient (Wildman–Crippen LogP) is 3.47. The van der Waals surface area contributed by atoms with Crippen LogP contribution in [-0.4, -0.2) is 23.6 Å². The number of halogens is 1. The van der Waals surface area contributed by atoms with Crippen LogP contribution < -0.4 is 15.6 Å².